The van der Waals surface area contributed by atoms with Gasteiger partial charge in [-0.3, -0.25) is 0 Å². The Morgan fingerprint density at radius 2 is 1.15 bits per heavy atom. The molecule has 1 N–H and O–H groups in total. The highest BCUT2D eigenvalue weighted by atomic mass is 19.1. The van der Waals surface area contributed by atoms with E-state index in [-0.39, 0.29) is 36.8 Å². The smallest absolute Gasteiger partial charge is 0.337 e. The van der Waals surface area contributed by atoms with Crippen LogP contribution in [0, 0.1) is 5.82 Å². The summed E-state index contributed by atoms with van der Waals surface area (Å²) in [5.41, 5.74) is 6.84. The summed E-state index contributed by atoms with van der Waals surface area (Å²) >= 11 is 0. The lowest BCUT2D eigenvalue weighted by Crippen LogP contribution is -2.32. The van der Waals surface area contributed by atoms with Crippen molar-refractivity contribution in [3.63, 3.8) is 0 Å². The number of dihydropyridines is 1. The molecule has 0 fully saturated rings. The van der Waals surface area contributed by atoms with Gasteiger partial charge in [0.05, 0.1) is 28.4 Å². The number of halogens is 1. The summed E-state index contributed by atoms with van der Waals surface area (Å²) in [6, 6.07) is 42.1. The fraction of sp³-hybridized carbons (Fsp3) is 0.133. The second kappa shape index (κ2) is 16.3. The van der Waals surface area contributed by atoms with Gasteiger partial charge in [0.2, 0.25) is 0 Å². The molecule has 0 atom stereocenters. The summed E-state index contributed by atoms with van der Waals surface area (Å²) in [6.45, 7) is 3.97. The van der Waals surface area contributed by atoms with Crippen molar-refractivity contribution >= 4 is 11.9 Å². The number of nitrogens with zero attached hydrogens (tertiary/aromatic N) is 2. The third-order valence-corrected chi connectivity index (χ3v) is 9.15. The average Bonchev–Trinajstić information content (AvgIpc) is 3.65. The first-order chi connectivity index (χ1) is 26.3. The quantitative estimate of drug-likeness (QED) is 0.126. The van der Waals surface area contributed by atoms with Crippen molar-refractivity contribution in [1.82, 2.24) is 15.1 Å². The Bertz CT molecular complexity index is 2220. The standard InChI is InChI=1S/C45H38FN3O5/c1-30-40(44(50)53-28-32-12-6-3-7-13-32)42(41(31(2)47-30)45(51)54-29-33-14-8-4-9-15-33)39-26-49(37-16-10-5-11-17-37)48-43(39)35-20-24-38(25-21-35)52-27-34-18-22-36(46)23-19-34/h3-26,42,47H,27-29H2,1-2H3. The summed E-state index contributed by atoms with van der Waals surface area (Å²) in [5.74, 6) is -1.75. The topological polar surface area (TPSA) is 91.7 Å². The Balaban J connectivity index is 1.29. The van der Waals surface area contributed by atoms with Crippen molar-refractivity contribution in [1.29, 1.82) is 0 Å². The number of carbonyl (C=O) groups excluding carboxylic acids is 2. The molecule has 1 aromatic heterocycles. The number of rotatable bonds is 12. The van der Waals surface area contributed by atoms with Gasteiger partial charge in [0.15, 0.2) is 0 Å². The Morgan fingerprint density at radius 3 is 1.69 bits per heavy atom. The third-order valence-electron chi connectivity index (χ3n) is 9.15. The lowest BCUT2D eigenvalue weighted by atomic mass is 9.79. The number of hydrogen-bond donors (Lipinski definition) is 1. The number of aromatic nitrogens is 2. The van der Waals surface area contributed by atoms with Gasteiger partial charge >= 0.3 is 11.9 Å². The number of ether oxygens (including phenoxy) is 3. The fourth-order valence-electron chi connectivity index (χ4n) is 6.44. The maximum atomic E-state index is 14.2. The summed E-state index contributed by atoms with van der Waals surface area (Å²) in [4.78, 5) is 28.5. The Labute approximate surface area is 313 Å². The van der Waals surface area contributed by atoms with Crippen LogP contribution >= 0.6 is 0 Å². The normalized spacial score (nSPS) is 13.0. The van der Waals surface area contributed by atoms with Gasteiger partial charge in [-0.25, -0.2) is 18.7 Å². The Hall–Kier alpha value is -6.74. The van der Waals surface area contributed by atoms with Crippen molar-refractivity contribution in [2.45, 2.75) is 39.6 Å². The molecule has 0 spiro atoms. The van der Waals surface area contributed by atoms with Gasteiger partial charge in [0.1, 0.15) is 31.4 Å². The molecule has 0 unspecified atom stereocenters. The number of esters is 2. The van der Waals surface area contributed by atoms with Gasteiger partial charge in [-0.2, -0.15) is 5.10 Å². The predicted molar refractivity (Wildman–Crippen MR) is 203 cm³/mol. The maximum Gasteiger partial charge on any atom is 0.337 e. The largest absolute Gasteiger partial charge is 0.489 e. The molecule has 270 valence electrons. The van der Waals surface area contributed by atoms with E-state index in [0.717, 1.165) is 27.9 Å². The predicted octanol–water partition coefficient (Wildman–Crippen LogP) is 8.98. The molecular weight excluding hydrogens is 682 g/mol. The molecule has 0 aliphatic carbocycles. The number of hydrogen-bond acceptors (Lipinski definition) is 7. The van der Waals surface area contributed by atoms with Crippen LogP contribution in [0.4, 0.5) is 4.39 Å². The highest BCUT2D eigenvalue weighted by Gasteiger charge is 2.40. The fourth-order valence-corrected chi connectivity index (χ4v) is 6.44. The van der Waals surface area contributed by atoms with E-state index in [1.165, 1.54) is 12.1 Å². The zero-order valence-corrected chi connectivity index (χ0v) is 29.9. The van der Waals surface area contributed by atoms with Gasteiger partial charge in [0.25, 0.3) is 0 Å². The molecular formula is C45H38FN3O5. The van der Waals surface area contributed by atoms with E-state index in [1.807, 2.05) is 121 Å². The van der Waals surface area contributed by atoms with Crippen molar-refractivity contribution in [2.75, 3.05) is 0 Å². The van der Waals surface area contributed by atoms with Gasteiger partial charge in [-0.05, 0) is 79.1 Å². The lowest BCUT2D eigenvalue weighted by molar-refractivity contribution is -0.141. The maximum absolute atomic E-state index is 14.2. The van der Waals surface area contributed by atoms with Crippen molar-refractivity contribution in [3.8, 4) is 22.7 Å². The first-order valence-electron chi connectivity index (χ1n) is 17.6. The molecule has 5 aromatic carbocycles. The van der Waals surface area contributed by atoms with Crippen LogP contribution in [0.2, 0.25) is 0 Å². The van der Waals surface area contributed by atoms with E-state index in [4.69, 9.17) is 19.3 Å². The molecule has 0 saturated heterocycles. The highest BCUT2D eigenvalue weighted by molar-refractivity contribution is 6.00. The molecule has 9 heteroatoms. The molecule has 6 aromatic rings. The van der Waals surface area contributed by atoms with Gasteiger partial charge < -0.3 is 19.5 Å². The number of nitrogens with one attached hydrogen (secondary N) is 1. The third kappa shape index (κ3) is 8.16. The van der Waals surface area contributed by atoms with Crippen LogP contribution in [0.25, 0.3) is 16.9 Å². The van der Waals surface area contributed by atoms with Crippen LogP contribution in [0.1, 0.15) is 42.0 Å². The summed E-state index contributed by atoms with van der Waals surface area (Å²) in [7, 11) is 0. The zero-order valence-electron chi connectivity index (χ0n) is 29.9. The number of carbonyl (C=O) groups is 2. The molecule has 2 heterocycles. The average molecular weight is 720 g/mol. The van der Waals surface area contributed by atoms with Crippen molar-refractivity contribution < 1.29 is 28.2 Å². The van der Waals surface area contributed by atoms with E-state index < -0.39 is 17.9 Å². The number of benzene rings is 5. The molecule has 7 rings (SSSR count). The number of allylic oxidation sites excluding steroid dienone is 2. The van der Waals surface area contributed by atoms with Gasteiger partial charge in [-0.15, -0.1) is 0 Å². The molecule has 0 bridgehead atoms. The lowest BCUT2D eigenvalue weighted by Gasteiger charge is -2.30. The van der Waals surface area contributed by atoms with E-state index >= 15 is 0 Å². The first-order valence-corrected chi connectivity index (χ1v) is 17.6. The zero-order chi connectivity index (χ0) is 37.4. The minimum atomic E-state index is -0.903. The Kier molecular flexibility index (Phi) is 10.8. The number of para-hydroxylation sites is 1. The highest BCUT2D eigenvalue weighted by Crippen LogP contribution is 2.43. The van der Waals surface area contributed by atoms with Gasteiger partial charge in [0, 0.05) is 28.7 Å². The van der Waals surface area contributed by atoms with E-state index in [0.29, 0.717) is 28.4 Å². The van der Waals surface area contributed by atoms with Crippen LogP contribution in [0.15, 0.2) is 168 Å². The Morgan fingerprint density at radius 1 is 0.648 bits per heavy atom. The van der Waals surface area contributed by atoms with Crippen LogP contribution in [0.3, 0.4) is 0 Å². The first kappa shape index (κ1) is 35.7. The second-order valence-electron chi connectivity index (χ2n) is 12.9. The van der Waals surface area contributed by atoms with Crippen LogP contribution in [-0.4, -0.2) is 21.7 Å². The van der Waals surface area contributed by atoms with Crippen LogP contribution < -0.4 is 10.1 Å². The molecule has 1 aliphatic heterocycles. The monoisotopic (exact) mass is 719 g/mol. The van der Waals surface area contributed by atoms with E-state index in [1.54, 1.807) is 30.7 Å². The van der Waals surface area contributed by atoms with E-state index in [9.17, 15) is 14.0 Å². The second-order valence-corrected chi connectivity index (χ2v) is 12.9. The SMILES string of the molecule is CC1=C(C(=O)OCc2ccccc2)C(c2cn(-c3ccccc3)nc2-c2ccc(OCc3ccc(F)cc3)cc2)C(C(=O)OCc2ccccc2)=C(C)N1. The molecule has 1 aliphatic rings. The van der Waals surface area contributed by atoms with Crippen LogP contribution in [-0.2, 0) is 38.9 Å². The molecule has 8 nitrogen and oxygen atoms in total. The summed E-state index contributed by atoms with van der Waals surface area (Å²) < 4.78 is 33.0. The molecule has 54 heavy (non-hydrogen) atoms. The van der Waals surface area contributed by atoms with Crippen molar-refractivity contribution in [3.05, 3.63) is 196 Å². The van der Waals surface area contributed by atoms with Gasteiger partial charge in [-0.1, -0.05) is 91.0 Å². The summed E-state index contributed by atoms with van der Waals surface area (Å²) in [5, 5.41) is 8.32. The molecule has 0 amide bonds. The minimum absolute atomic E-state index is 0.0508. The van der Waals surface area contributed by atoms with Crippen LogP contribution in [0.5, 0.6) is 5.75 Å². The van der Waals surface area contributed by atoms with E-state index in [2.05, 4.69) is 5.32 Å². The molecule has 0 radical (unpaired) electrons. The molecule has 0 saturated carbocycles. The summed E-state index contributed by atoms with van der Waals surface area (Å²) in [6.07, 6.45) is 1.86. The minimum Gasteiger partial charge on any atom is -0.489 e. The van der Waals surface area contributed by atoms with Crippen molar-refractivity contribution in [2.24, 2.45) is 0 Å².